The van der Waals surface area contributed by atoms with Crippen LogP contribution >= 0.6 is 0 Å². The van der Waals surface area contributed by atoms with Crippen molar-refractivity contribution in [3.63, 3.8) is 0 Å². The number of carbonyl (C=O) groups is 1. The molecule has 132 valence electrons. The van der Waals surface area contributed by atoms with Crippen LogP contribution in [-0.4, -0.2) is 57.6 Å². The molecule has 4 rings (SSSR count). The van der Waals surface area contributed by atoms with Crippen molar-refractivity contribution >= 4 is 22.5 Å². The Balaban J connectivity index is 1.62. The van der Waals surface area contributed by atoms with Crippen LogP contribution in [0, 0.1) is 0 Å². The van der Waals surface area contributed by atoms with Crippen molar-refractivity contribution in [2.75, 3.05) is 25.4 Å². The number of likely N-dealkylation sites (tertiary alicyclic amines) is 1. The zero-order valence-corrected chi connectivity index (χ0v) is 14.7. The molecule has 2 aromatic rings. The normalized spacial score (nSPS) is 19.2. The zero-order chi connectivity index (χ0) is 17.4. The van der Waals surface area contributed by atoms with Gasteiger partial charge in [0.1, 0.15) is 0 Å². The first-order valence-electron chi connectivity index (χ1n) is 9.25. The van der Waals surface area contributed by atoms with Crippen molar-refractivity contribution in [3.05, 3.63) is 30.0 Å². The quantitative estimate of drug-likeness (QED) is 0.925. The summed E-state index contributed by atoms with van der Waals surface area (Å²) in [5.74, 6) is -0.0480. The van der Waals surface area contributed by atoms with Crippen LogP contribution in [0.4, 0.5) is 5.69 Å². The number of carbonyl (C=O) groups excluding carboxylic acids is 1. The second-order valence-electron chi connectivity index (χ2n) is 7.09. The van der Waals surface area contributed by atoms with E-state index in [4.69, 9.17) is 5.73 Å². The molecular formula is C19H25N5O. The summed E-state index contributed by atoms with van der Waals surface area (Å²) < 4.78 is 0. The Morgan fingerprint density at radius 1 is 1.16 bits per heavy atom. The molecule has 25 heavy (non-hydrogen) atoms. The number of fused-ring (bicyclic) bond motifs is 1. The number of nitrogens with zero attached hydrogens (tertiary/aromatic N) is 4. The predicted molar refractivity (Wildman–Crippen MR) is 98.3 cm³/mol. The molecule has 2 N–H and O–H groups in total. The van der Waals surface area contributed by atoms with Gasteiger partial charge in [-0.05, 0) is 38.3 Å². The van der Waals surface area contributed by atoms with Crippen molar-refractivity contribution in [1.29, 1.82) is 0 Å². The summed E-state index contributed by atoms with van der Waals surface area (Å²) in [4.78, 5) is 17.8. The third-order valence-corrected chi connectivity index (χ3v) is 5.48. The minimum Gasteiger partial charge on any atom is -0.396 e. The minimum atomic E-state index is -0.0480. The van der Waals surface area contributed by atoms with E-state index >= 15 is 0 Å². The second-order valence-corrected chi connectivity index (χ2v) is 7.09. The minimum absolute atomic E-state index is 0.0480. The third kappa shape index (κ3) is 3.06. The molecular weight excluding hydrogens is 314 g/mol. The third-order valence-electron chi connectivity index (χ3n) is 5.48. The van der Waals surface area contributed by atoms with Crippen molar-refractivity contribution < 1.29 is 4.79 Å². The maximum Gasteiger partial charge on any atom is 0.277 e. The average Bonchev–Trinajstić information content (AvgIpc) is 3.48. The van der Waals surface area contributed by atoms with Crippen LogP contribution in [0.15, 0.2) is 24.3 Å². The SMILES string of the molecule is CCN1CCC(N(C(=O)c2nnc3ccccc3c2N)C2CC2)CC1. The number of benzene rings is 1. The Hall–Kier alpha value is -2.21. The summed E-state index contributed by atoms with van der Waals surface area (Å²) in [7, 11) is 0. The summed E-state index contributed by atoms with van der Waals surface area (Å²) in [5.41, 5.74) is 7.78. The largest absolute Gasteiger partial charge is 0.396 e. The highest BCUT2D eigenvalue weighted by Gasteiger charge is 2.40. The molecule has 1 aliphatic carbocycles. The highest BCUT2D eigenvalue weighted by molar-refractivity contribution is 6.04. The Labute approximate surface area is 148 Å². The first kappa shape index (κ1) is 16.3. The van der Waals surface area contributed by atoms with E-state index in [1.165, 1.54) is 0 Å². The molecule has 2 fully saturated rings. The van der Waals surface area contributed by atoms with Gasteiger partial charge in [0.2, 0.25) is 0 Å². The molecule has 1 aromatic heterocycles. The maximum atomic E-state index is 13.3. The Bertz CT molecular complexity index is 780. The number of amides is 1. The summed E-state index contributed by atoms with van der Waals surface area (Å²) in [6.07, 6.45) is 4.22. The molecule has 1 saturated carbocycles. The van der Waals surface area contributed by atoms with E-state index < -0.39 is 0 Å². The van der Waals surface area contributed by atoms with Gasteiger partial charge in [0, 0.05) is 30.6 Å². The van der Waals surface area contributed by atoms with Gasteiger partial charge in [-0.1, -0.05) is 25.1 Å². The molecule has 0 bridgehead atoms. The van der Waals surface area contributed by atoms with Crippen molar-refractivity contribution in [3.8, 4) is 0 Å². The summed E-state index contributed by atoms with van der Waals surface area (Å²) in [6, 6.07) is 8.21. The Morgan fingerprint density at radius 2 is 1.84 bits per heavy atom. The van der Waals surface area contributed by atoms with E-state index in [2.05, 4.69) is 26.9 Å². The lowest BCUT2D eigenvalue weighted by Gasteiger charge is -2.38. The summed E-state index contributed by atoms with van der Waals surface area (Å²) >= 11 is 0. The van der Waals surface area contributed by atoms with Crippen LogP contribution in [0.25, 0.3) is 10.9 Å². The van der Waals surface area contributed by atoms with Gasteiger partial charge in [-0.15, -0.1) is 10.2 Å². The zero-order valence-electron chi connectivity index (χ0n) is 14.7. The van der Waals surface area contributed by atoms with E-state index in [-0.39, 0.29) is 11.9 Å². The van der Waals surface area contributed by atoms with Crippen molar-refractivity contribution in [2.24, 2.45) is 0 Å². The molecule has 1 amide bonds. The molecule has 0 atom stereocenters. The number of nitrogens with two attached hydrogens (primary N) is 1. The molecule has 6 heteroatoms. The van der Waals surface area contributed by atoms with Gasteiger partial charge in [0.15, 0.2) is 5.69 Å². The standard InChI is InChI=1S/C19H25N5O/c1-2-23-11-9-14(10-12-23)24(13-7-8-13)19(25)18-17(20)15-5-3-4-6-16(15)21-22-18/h3-6,13-14H,2,7-12H2,1H3,(H2,20,21). The van der Waals surface area contributed by atoms with Gasteiger partial charge in [-0.2, -0.15) is 0 Å². The smallest absolute Gasteiger partial charge is 0.277 e. The van der Waals surface area contributed by atoms with Gasteiger partial charge in [-0.3, -0.25) is 4.79 Å². The predicted octanol–water partition coefficient (Wildman–Crippen LogP) is 2.30. The van der Waals surface area contributed by atoms with Crippen molar-refractivity contribution in [1.82, 2.24) is 20.0 Å². The fourth-order valence-corrected chi connectivity index (χ4v) is 3.85. The number of piperidine rings is 1. The van der Waals surface area contributed by atoms with E-state index in [9.17, 15) is 4.79 Å². The molecule has 0 radical (unpaired) electrons. The number of aromatic nitrogens is 2. The Kier molecular flexibility index (Phi) is 4.29. The van der Waals surface area contributed by atoms with E-state index in [1.54, 1.807) is 0 Å². The molecule has 1 aliphatic heterocycles. The topological polar surface area (TPSA) is 75.3 Å². The number of rotatable bonds is 4. The van der Waals surface area contributed by atoms with Gasteiger partial charge >= 0.3 is 0 Å². The Morgan fingerprint density at radius 3 is 2.52 bits per heavy atom. The van der Waals surface area contributed by atoms with E-state index in [0.717, 1.165) is 56.2 Å². The van der Waals surface area contributed by atoms with Gasteiger partial charge in [-0.25, -0.2) is 0 Å². The fraction of sp³-hybridized carbons (Fsp3) is 0.526. The lowest BCUT2D eigenvalue weighted by atomic mass is 10.0. The number of nitrogen functional groups attached to an aromatic ring is 1. The molecule has 1 saturated heterocycles. The molecule has 6 nitrogen and oxygen atoms in total. The molecule has 0 unspecified atom stereocenters. The number of hydrogen-bond acceptors (Lipinski definition) is 5. The van der Waals surface area contributed by atoms with Crippen LogP contribution in [0.2, 0.25) is 0 Å². The number of anilines is 1. The van der Waals surface area contributed by atoms with E-state index in [1.807, 2.05) is 24.3 Å². The van der Waals surface area contributed by atoms with Crippen LogP contribution < -0.4 is 5.73 Å². The molecule has 0 spiro atoms. The lowest BCUT2D eigenvalue weighted by molar-refractivity contribution is 0.0549. The van der Waals surface area contributed by atoms with Crippen LogP contribution in [0.5, 0.6) is 0 Å². The van der Waals surface area contributed by atoms with Gasteiger partial charge in [0.25, 0.3) is 5.91 Å². The number of hydrogen-bond donors (Lipinski definition) is 1. The molecule has 1 aromatic carbocycles. The summed E-state index contributed by atoms with van der Waals surface area (Å²) in [5, 5.41) is 9.20. The monoisotopic (exact) mass is 339 g/mol. The first-order valence-corrected chi connectivity index (χ1v) is 9.25. The summed E-state index contributed by atoms with van der Waals surface area (Å²) in [6.45, 7) is 5.37. The van der Waals surface area contributed by atoms with E-state index in [0.29, 0.717) is 17.4 Å². The van der Waals surface area contributed by atoms with Crippen LogP contribution in [0.3, 0.4) is 0 Å². The molecule has 2 heterocycles. The maximum absolute atomic E-state index is 13.3. The van der Waals surface area contributed by atoms with Crippen LogP contribution in [-0.2, 0) is 0 Å². The van der Waals surface area contributed by atoms with Crippen molar-refractivity contribution in [2.45, 2.75) is 44.7 Å². The second kappa shape index (κ2) is 6.59. The first-order chi connectivity index (χ1) is 12.2. The van der Waals surface area contributed by atoms with Gasteiger partial charge in [0.05, 0.1) is 11.2 Å². The fourth-order valence-electron chi connectivity index (χ4n) is 3.85. The highest BCUT2D eigenvalue weighted by Crippen LogP contribution is 2.34. The highest BCUT2D eigenvalue weighted by atomic mass is 16.2. The van der Waals surface area contributed by atoms with Gasteiger partial charge < -0.3 is 15.5 Å². The average molecular weight is 339 g/mol. The molecule has 2 aliphatic rings. The van der Waals surface area contributed by atoms with Crippen LogP contribution in [0.1, 0.15) is 43.1 Å². The lowest BCUT2D eigenvalue weighted by Crippen LogP contribution is -2.48.